The third-order valence-electron chi connectivity index (χ3n) is 2.81. The van der Waals surface area contributed by atoms with Crippen LogP contribution in [0, 0.1) is 0 Å². The van der Waals surface area contributed by atoms with Gasteiger partial charge in [0.05, 0.1) is 22.3 Å². The van der Waals surface area contributed by atoms with Gasteiger partial charge in [0.2, 0.25) is 0 Å². The van der Waals surface area contributed by atoms with E-state index in [-0.39, 0.29) is 16.8 Å². The van der Waals surface area contributed by atoms with Gasteiger partial charge in [0.25, 0.3) is 0 Å². The molecule has 0 radical (unpaired) electrons. The number of hydrogen-bond acceptors (Lipinski definition) is 4. The van der Waals surface area contributed by atoms with Gasteiger partial charge >= 0.3 is 6.18 Å². The van der Waals surface area contributed by atoms with Crippen LogP contribution in [0.25, 0.3) is 5.69 Å². The molecule has 1 aromatic carbocycles. The summed E-state index contributed by atoms with van der Waals surface area (Å²) in [5.41, 5.74) is -0.723. The topological polar surface area (TPSA) is 55.6 Å². The molecule has 0 aliphatic rings. The molecule has 0 aliphatic heterocycles. The Balaban J connectivity index is 2.52. The van der Waals surface area contributed by atoms with Gasteiger partial charge in [-0.1, -0.05) is 11.6 Å². The number of rotatable bonds is 3. The maximum absolute atomic E-state index is 12.8. The van der Waals surface area contributed by atoms with Crippen molar-refractivity contribution in [2.24, 2.45) is 0 Å². The van der Waals surface area contributed by atoms with E-state index in [0.717, 1.165) is 6.07 Å². The standard InChI is InChI=1S/C11H11ClF3N5/c1-6(16-2)10-17-18-19-20(10)7-3-4-9(12)8(5-7)11(13,14)15/h3-6,16H,1-2H3. The molecule has 0 bridgehead atoms. The van der Waals surface area contributed by atoms with Crippen LogP contribution in [0.1, 0.15) is 24.4 Å². The summed E-state index contributed by atoms with van der Waals surface area (Å²) < 4.78 is 39.8. The summed E-state index contributed by atoms with van der Waals surface area (Å²) >= 11 is 5.58. The first-order chi connectivity index (χ1) is 9.34. The van der Waals surface area contributed by atoms with Gasteiger partial charge in [-0.25, -0.2) is 0 Å². The zero-order valence-electron chi connectivity index (χ0n) is 10.6. The largest absolute Gasteiger partial charge is 0.417 e. The molecule has 0 saturated heterocycles. The predicted molar refractivity (Wildman–Crippen MR) is 66.6 cm³/mol. The molecule has 0 fully saturated rings. The first kappa shape index (κ1) is 14.7. The van der Waals surface area contributed by atoms with Crippen LogP contribution in [0.3, 0.4) is 0 Å². The Morgan fingerprint density at radius 3 is 2.65 bits per heavy atom. The predicted octanol–water partition coefficient (Wildman–Crippen LogP) is 2.61. The Morgan fingerprint density at radius 2 is 2.05 bits per heavy atom. The maximum Gasteiger partial charge on any atom is 0.417 e. The molecule has 9 heteroatoms. The van der Waals surface area contributed by atoms with E-state index in [1.807, 2.05) is 0 Å². The maximum atomic E-state index is 12.8. The number of alkyl halides is 3. The van der Waals surface area contributed by atoms with Gasteiger partial charge < -0.3 is 5.32 Å². The zero-order chi connectivity index (χ0) is 14.9. The smallest absolute Gasteiger partial charge is 0.311 e. The third-order valence-corrected chi connectivity index (χ3v) is 3.14. The first-order valence-corrected chi connectivity index (χ1v) is 6.05. The minimum atomic E-state index is -4.53. The molecule has 108 valence electrons. The number of benzene rings is 1. The second kappa shape index (κ2) is 5.37. The molecule has 0 saturated carbocycles. The lowest BCUT2D eigenvalue weighted by Gasteiger charge is -2.13. The molecule has 20 heavy (non-hydrogen) atoms. The van der Waals surface area contributed by atoms with Crippen LogP contribution in [-0.4, -0.2) is 27.3 Å². The molecule has 5 nitrogen and oxygen atoms in total. The number of halogens is 4. The van der Waals surface area contributed by atoms with E-state index in [0.29, 0.717) is 5.82 Å². The monoisotopic (exact) mass is 305 g/mol. The van der Waals surface area contributed by atoms with E-state index in [4.69, 9.17) is 11.6 Å². The second-order valence-electron chi connectivity index (χ2n) is 4.12. The molecule has 1 aromatic heterocycles. The van der Waals surface area contributed by atoms with Gasteiger partial charge in [-0.3, -0.25) is 0 Å². The molecule has 0 spiro atoms. The SMILES string of the molecule is CNC(C)c1nnnn1-c1ccc(Cl)c(C(F)(F)F)c1. The van der Waals surface area contributed by atoms with Crippen LogP contribution in [0.5, 0.6) is 0 Å². The van der Waals surface area contributed by atoms with Crippen molar-refractivity contribution in [3.63, 3.8) is 0 Å². The van der Waals surface area contributed by atoms with Crippen LogP contribution in [0.2, 0.25) is 5.02 Å². The first-order valence-electron chi connectivity index (χ1n) is 5.67. The van der Waals surface area contributed by atoms with Gasteiger partial charge in [0.15, 0.2) is 5.82 Å². The fourth-order valence-electron chi connectivity index (χ4n) is 1.64. The van der Waals surface area contributed by atoms with Crippen molar-refractivity contribution in [1.29, 1.82) is 0 Å². The van der Waals surface area contributed by atoms with Crippen LogP contribution >= 0.6 is 11.6 Å². The van der Waals surface area contributed by atoms with Crippen molar-refractivity contribution in [3.05, 3.63) is 34.6 Å². The minimum Gasteiger partial charge on any atom is -0.311 e. The quantitative estimate of drug-likeness (QED) is 0.947. The van der Waals surface area contributed by atoms with Gasteiger partial charge in [0, 0.05) is 0 Å². The summed E-state index contributed by atoms with van der Waals surface area (Å²) in [6.45, 7) is 1.79. The van der Waals surface area contributed by atoms with Gasteiger partial charge in [-0.15, -0.1) is 5.10 Å². The molecule has 2 aromatic rings. The van der Waals surface area contributed by atoms with E-state index in [2.05, 4.69) is 20.8 Å². The normalized spacial score (nSPS) is 13.5. The summed E-state index contributed by atoms with van der Waals surface area (Å²) in [6, 6.07) is 3.31. The molecule has 1 heterocycles. The number of nitrogens with one attached hydrogen (secondary N) is 1. The van der Waals surface area contributed by atoms with E-state index in [1.54, 1.807) is 14.0 Å². The zero-order valence-corrected chi connectivity index (χ0v) is 11.4. The van der Waals surface area contributed by atoms with Gasteiger partial charge in [-0.2, -0.15) is 17.9 Å². The highest BCUT2D eigenvalue weighted by Gasteiger charge is 2.33. The van der Waals surface area contributed by atoms with E-state index in [1.165, 1.54) is 16.8 Å². The summed E-state index contributed by atoms with van der Waals surface area (Å²) in [5.74, 6) is 0.406. The highest BCUT2D eigenvalue weighted by atomic mass is 35.5. The van der Waals surface area contributed by atoms with Gasteiger partial charge in [-0.05, 0) is 42.6 Å². The van der Waals surface area contributed by atoms with Crippen molar-refractivity contribution in [1.82, 2.24) is 25.5 Å². The molecule has 2 rings (SSSR count). The average molecular weight is 306 g/mol. The Morgan fingerprint density at radius 1 is 1.35 bits per heavy atom. The Kier molecular flexibility index (Phi) is 3.96. The van der Waals surface area contributed by atoms with Crippen molar-refractivity contribution in [3.8, 4) is 5.69 Å². The van der Waals surface area contributed by atoms with Crippen molar-refractivity contribution >= 4 is 11.6 Å². The highest BCUT2D eigenvalue weighted by molar-refractivity contribution is 6.31. The average Bonchev–Trinajstić information content (AvgIpc) is 2.86. The highest BCUT2D eigenvalue weighted by Crippen LogP contribution is 2.35. The molecule has 1 atom stereocenters. The van der Waals surface area contributed by atoms with Crippen LogP contribution in [0.4, 0.5) is 13.2 Å². The lowest BCUT2D eigenvalue weighted by Crippen LogP contribution is -2.18. The third kappa shape index (κ3) is 2.75. The Bertz CT molecular complexity index is 610. The number of aromatic nitrogens is 4. The van der Waals surface area contributed by atoms with Crippen LogP contribution in [0.15, 0.2) is 18.2 Å². The molecular weight excluding hydrogens is 295 g/mol. The summed E-state index contributed by atoms with van der Waals surface area (Å²) in [6.07, 6.45) is -4.53. The Hall–Kier alpha value is -1.67. The summed E-state index contributed by atoms with van der Waals surface area (Å²) in [4.78, 5) is 0. The number of nitrogens with zero attached hydrogens (tertiary/aromatic N) is 4. The molecular formula is C11H11ClF3N5. The van der Waals surface area contributed by atoms with E-state index >= 15 is 0 Å². The fraction of sp³-hybridized carbons (Fsp3) is 0.364. The fourth-order valence-corrected chi connectivity index (χ4v) is 1.86. The van der Waals surface area contributed by atoms with Crippen molar-refractivity contribution < 1.29 is 13.2 Å². The number of hydrogen-bond donors (Lipinski definition) is 1. The molecule has 0 aliphatic carbocycles. The second-order valence-corrected chi connectivity index (χ2v) is 4.53. The lowest BCUT2D eigenvalue weighted by atomic mass is 10.2. The van der Waals surface area contributed by atoms with E-state index in [9.17, 15) is 13.2 Å². The van der Waals surface area contributed by atoms with E-state index < -0.39 is 11.7 Å². The van der Waals surface area contributed by atoms with Crippen LogP contribution in [-0.2, 0) is 6.18 Å². The number of tetrazole rings is 1. The summed E-state index contributed by atoms with van der Waals surface area (Å²) in [7, 11) is 1.70. The Labute approximate surface area is 117 Å². The molecule has 1 N–H and O–H groups in total. The molecule has 0 amide bonds. The summed E-state index contributed by atoms with van der Waals surface area (Å²) in [5, 5.41) is 13.6. The minimum absolute atomic E-state index is 0.198. The van der Waals surface area contributed by atoms with Crippen molar-refractivity contribution in [2.45, 2.75) is 19.1 Å². The van der Waals surface area contributed by atoms with Gasteiger partial charge in [0.1, 0.15) is 0 Å². The van der Waals surface area contributed by atoms with Crippen molar-refractivity contribution in [2.75, 3.05) is 7.05 Å². The lowest BCUT2D eigenvalue weighted by molar-refractivity contribution is -0.137. The van der Waals surface area contributed by atoms with Crippen LogP contribution < -0.4 is 5.32 Å². The molecule has 1 unspecified atom stereocenters.